The molecule has 0 bridgehead atoms. The molecule has 0 fully saturated rings. The highest BCUT2D eigenvalue weighted by molar-refractivity contribution is 5.94. The van der Waals surface area contributed by atoms with E-state index >= 15 is 0 Å². The van der Waals surface area contributed by atoms with Gasteiger partial charge in [0, 0.05) is 43.4 Å². The zero-order valence-corrected chi connectivity index (χ0v) is 10.5. The minimum absolute atomic E-state index is 0.138. The largest absolute Gasteiger partial charge is 0.477 e. The highest BCUT2D eigenvalue weighted by Gasteiger charge is 2.01. The van der Waals surface area contributed by atoms with E-state index in [1.807, 2.05) is 0 Å². The van der Waals surface area contributed by atoms with Crippen molar-refractivity contribution in [2.24, 2.45) is 9.98 Å². The third-order valence-corrected chi connectivity index (χ3v) is 1.77. The topological polar surface area (TPSA) is 95.3 Å². The highest BCUT2D eigenvalue weighted by Crippen LogP contribution is 1.95. The molecule has 0 saturated carbocycles. The van der Waals surface area contributed by atoms with Crippen LogP contribution >= 0.6 is 0 Å². The molecule has 0 saturated heterocycles. The van der Waals surface area contributed by atoms with E-state index in [0.29, 0.717) is 0 Å². The number of carbonyl (C=O) groups is 1. The predicted octanol–water partition coefficient (Wildman–Crippen LogP) is 1.23. The van der Waals surface area contributed by atoms with Crippen LogP contribution in [0.15, 0.2) is 71.4 Å². The summed E-state index contributed by atoms with van der Waals surface area (Å²) < 4.78 is 4.98. The first-order valence-corrected chi connectivity index (χ1v) is 5.59. The molecule has 0 aromatic carbocycles. The molecule has 0 atom stereocenters. The molecule has 7 heteroatoms. The number of nitrogens with zero attached hydrogens (tertiary/aromatic N) is 2. The van der Waals surface area contributed by atoms with Gasteiger partial charge in [-0.05, 0) is 12.2 Å². The van der Waals surface area contributed by atoms with E-state index in [1.54, 1.807) is 24.8 Å². The van der Waals surface area contributed by atoms with E-state index in [2.05, 4.69) is 20.6 Å². The number of nitrogens with one attached hydrogen (secondary N) is 2. The number of ether oxygens (including phenoxy) is 1. The van der Waals surface area contributed by atoms with E-state index in [-0.39, 0.29) is 5.70 Å². The van der Waals surface area contributed by atoms with Gasteiger partial charge in [-0.3, -0.25) is 4.99 Å². The van der Waals surface area contributed by atoms with Gasteiger partial charge in [0.15, 0.2) is 0 Å². The second-order valence-electron chi connectivity index (χ2n) is 3.18. The first kappa shape index (κ1) is 15.0. The van der Waals surface area contributed by atoms with Gasteiger partial charge >= 0.3 is 5.97 Å². The maximum atomic E-state index is 10.9. The summed E-state index contributed by atoms with van der Waals surface area (Å²) in [4.78, 5) is 18.5. The molecule has 7 nitrogen and oxygen atoms in total. The van der Waals surface area contributed by atoms with Gasteiger partial charge in [0.25, 0.3) is 0 Å². The molecule has 1 rings (SSSR count). The van der Waals surface area contributed by atoms with E-state index in [0.717, 1.165) is 0 Å². The molecule has 0 aliphatic carbocycles. The Kier molecular flexibility index (Phi) is 7.40. The number of allylic oxidation sites excluding steroid dienone is 2. The predicted molar refractivity (Wildman–Crippen MR) is 76.6 cm³/mol. The average molecular weight is 274 g/mol. The van der Waals surface area contributed by atoms with Gasteiger partial charge in [-0.15, -0.1) is 0 Å². The molecule has 0 spiro atoms. The third kappa shape index (κ3) is 7.28. The molecular weight excluding hydrogens is 260 g/mol. The van der Waals surface area contributed by atoms with Gasteiger partial charge in [-0.25, -0.2) is 9.79 Å². The maximum Gasteiger partial charge on any atom is 0.354 e. The van der Waals surface area contributed by atoms with Crippen LogP contribution < -0.4 is 10.6 Å². The molecule has 0 aromatic rings. The van der Waals surface area contributed by atoms with Crippen molar-refractivity contribution in [1.29, 1.82) is 0 Å². The molecule has 104 valence electrons. The van der Waals surface area contributed by atoms with Gasteiger partial charge in [-0.1, -0.05) is 0 Å². The molecule has 0 unspecified atom stereocenters. The molecule has 0 radical (unpaired) electrons. The lowest BCUT2D eigenvalue weighted by Gasteiger charge is -1.91. The van der Waals surface area contributed by atoms with Crippen LogP contribution in [0.1, 0.15) is 0 Å². The normalized spacial score (nSPS) is 15.7. The van der Waals surface area contributed by atoms with Crippen molar-refractivity contribution in [3.63, 3.8) is 0 Å². The summed E-state index contributed by atoms with van der Waals surface area (Å²) in [5.41, 5.74) is -0.138. The van der Waals surface area contributed by atoms with Crippen LogP contribution in [-0.4, -0.2) is 23.5 Å². The first-order chi connectivity index (χ1) is 9.80. The van der Waals surface area contributed by atoms with Crippen LogP contribution in [0, 0.1) is 0 Å². The molecule has 0 amide bonds. The van der Waals surface area contributed by atoms with E-state index in [4.69, 9.17) is 9.84 Å². The summed E-state index contributed by atoms with van der Waals surface area (Å²) in [7, 11) is 0. The van der Waals surface area contributed by atoms with Crippen molar-refractivity contribution >= 4 is 18.4 Å². The number of aliphatic imine (C=N–C) groups is 2. The average Bonchev–Trinajstić information content (AvgIpc) is 2.43. The Bertz CT molecular complexity index is 514. The van der Waals surface area contributed by atoms with Crippen molar-refractivity contribution < 1.29 is 14.6 Å². The number of hydrogen-bond donors (Lipinski definition) is 3. The molecule has 0 aromatic heterocycles. The number of hydrogen-bond acceptors (Lipinski definition) is 6. The monoisotopic (exact) mass is 274 g/mol. The number of aliphatic carboxylic acids is 1. The highest BCUT2D eigenvalue weighted by atomic mass is 16.5. The Balaban J connectivity index is 2.80. The van der Waals surface area contributed by atoms with E-state index in [9.17, 15) is 4.79 Å². The maximum absolute atomic E-state index is 10.9. The summed E-state index contributed by atoms with van der Waals surface area (Å²) in [5, 5.41) is 14.6. The fourth-order valence-electron chi connectivity index (χ4n) is 0.954. The van der Waals surface area contributed by atoms with Crippen LogP contribution in [0.5, 0.6) is 0 Å². The summed E-state index contributed by atoms with van der Waals surface area (Å²) in [5.74, 6) is -1.14. The minimum atomic E-state index is -1.14. The lowest BCUT2D eigenvalue weighted by Crippen LogP contribution is -1.98. The van der Waals surface area contributed by atoms with Crippen LogP contribution in [0.25, 0.3) is 0 Å². The number of carboxylic acids is 1. The fraction of sp³-hybridized carbons (Fsp3) is 0. The number of carboxylic acid groups (broad SMARTS) is 1. The Morgan fingerprint density at radius 1 is 1.10 bits per heavy atom. The van der Waals surface area contributed by atoms with Crippen molar-refractivity contribution in [3.8, 4) is 0 Å². The molecule has 20 heavy (non-hydrogen) atoms. The lowest BCUT2D eigenvalue weighted by molar-refractivity contribution is -0.132. The van der Waals surface area contributed by atoms with Crippen LogP contribution in [-0.2, 0) is 9.53 Å². The van der Waals surface area contributed by atoms with E-state index in [1.165, 1.54) is 43.3 Å². The second-order valence-corrected chi connectivity index (χ2v) is 3.18. The zero-order chi connectivity index (χ0) is 14.5. The molecule has 1 aliphatic heterocycles. The minimum Gasteiger partial charge on any atom is -0.477 e. The fourth-order valence-corrected chi connectivity index (χ4v) is 0.954. The summed E-state index contributed by atoms with van der Waals surface area (Å²) in [6.07, 6.45) is 16.1. The van der Waals surface area contributed by atoms with Crippen molar-refractivity contribution in [2.75, 3.05) is 0 Å². The quantitative estimate of drug-likeness (QED) is 0.668. The van der Waals surface area contributed by atoms with Gasteiger partial charge < -0.3 is 20.5 Å². The van der Waals surface area contributed by atoms with E-state index < -0.39 is 5.97 Å². The third-order valence-electron chi connectivity index (χ3n) is 1.77. The molecule has 1 heterocycles. The first-order valence-electron chi connectivity index (χ1n) is 5.59. The van der Waals surface area contributed by atoms with Gasteiger partial charge in [0.2, 0.25) is 0 Å². The van der Waals surface area contributed by atoms with Crippen LogP contribution in [0.3, 0.4) is 0 Å². The second kappa shape index (κ2) is 9.89. The van der Waals surface area contributed by atoms with Crippen molar-refractivity contribution in [2.45, 2.75) is 0 Å². The SMILES string of the molecule is O=C(O)C1=CC=NC=CNC=CNC=COC=CC=N1. The van der Waals surface area contributed by atoms with Gasteiger partial charge in [0.05, 0.1) is 6.26 Å². The Morgan fingerprint density at radius 3 is 2.70 bits per heavy atom. The number of rotatable bonds is 1. The van der Waals surface area contributed by atoms with Crippen molar-refractivity contribution in [1.82, 2.24) is 10.6 Å². The smallest absolute Gasteiger partial charge is 0.354 e. The lowest BCUT2D eigenvalue weighted by atomic mass is 10.4. The molecular formula is C13H14N4O3. The van der Waals surface area contributed by atoms with Crippen LogP contribution in [0.4, 0.5) is 0 Å². The van der Waals surface area contributed by atoms with Crippen LogP contribution in [0.2, 0.25) is 0 Å². The van der Waals surface area contributed by atoms with Gasteiger partial charge in [-0.2, -0.15) is 0 Å². The molecule has 1 aliphatic rings. The zero-order valence-electron chi connectivity index (χ0n) is 10.5. The molecule has 3 N–H and O–H groups in total. The summed E-state index contributed by atoms with van der Waals surface area (Å²) in [6, 6.07) is 0. The summed E-state index contributed by atoms with van der Waals surface area (Å²) in [6.45, 7) is 0. The Hall–Kier alpha value is -3.09. The summed E-state index contributed by atoms with van der Waals surface area (Å²) >= 11 is 0. The standard InChI is InChI=1S/C13H14N4O3/c18-13(19)12-2-4-14-5-6-15-7-8-16-9-11-20-10-1-3-17-12/h1-11,15-16H,(H,18,19). The Labute approximate surface area is 116 Å². The van der Waals surface area contributed by atoms with Gasteiger partial charge in [0.1, 0.15) is 12.0 Å². The van der Waals surface area contributed by atoms with Crippen molar-refractivity contribution in [3.05, 3.63) is 61.4 Å². The Morgan fingerprint density at radius 2 is 1.90 bits per heavy atom.